The highest BCUT2D eigenvalue weighted by atomic mass is 17.2. The number of hydrogen-bond donors (Lipinski definition) is 1. The van der Waals surface area contributed by atoms with Crippen LogP contribution in [0.2, 0.25) is 0 Å². The number of hydrogen-bond acceptors (Lipinski definition) is 6. The zero-order valence-corrected chi connectivity index (χ0v) is 13.0. The molecule has 1 N–H and O–H groups in total. The van der Waals surface area contributed by atoms with Crippen LogP contribution in [0.4, 0.5) is 0 Å². The number of aliphatic hydroxyl groups excluding tert-OH is 1. The SMILES string of the molecule is C=C(c1ccc(OCCO)cc1)C1COC2(CCOCC2)OO1. The van der Waals surface area contributed by atoms with E-state index in [1.807, 2.05) is 24.3 Å². The maximum atomic E-state index is 8.75. The van der Waals surface area contributed by atoms with E-state index in [0.717, 1.165) is 11.1 Å². The molecule has 1 spiro atoms. The van der Waals surface area contributed by atoms with Crippen LogP contribution in [0.5, 0.6) is 5.75 Å². The Morgan fingerprint density at radius 1 is 1.26 bits per heavy atom. The molecule has 1 unspecified atom stereocenters. The van der Waals surface area contributed by atoms with Gasteiger partial charge in [-0.2, -0.15) is 0 Å². The molecule has 6 heteroatoms. The van der Waals surface area contributed by atoms with Crippen molar-refractivity contribution in [2.75, 3.05) is 33.0 Å². The molecule has 6 nitrogen and oxygen atoms in total. The van der Waals surface area contributed by atoms with Crippen LogP contribution in [0, 0.1) is 0 Å². The Hall–Kier alpha value is -1.44. The molecule has 1 atom stereocenters. The summed E-state index contributed by atoms with van der Waals surface area (Å²) < 4.78 is 16.6. The summed E-state index contributed by atoms with van der Waals surface area (Å²) in [6.07, 6.45) is 0.999. The van der Waals surface area contributed by atoms with Crippen molar-refractivity contribution in [1.29, 1.82) is 0 Å². The van der Waals surface area contributed by atoms with Gasteiger partial charge in [-0.3, -0.25) is 0 Å². The van der Waals surface area contributed by atoms with Crippen molar-refractivity contribution in [2.24, 2.45) is 0 Å². The normalized spacial score (nSPS) is 23.6. The van der Waals surface area contributed by atoms with Crippen LogP contribution in [0.1, 0.15) is 18.4 Å². The molecule has 0 amide bonds. The summed E-state index contributed by atoms with van der Waals surface area (Å²) in [7, 11) is 0. The molecule has 23 heavy (non-hydrogen) atoms. The second kappa shape index (κ2) is 7.42. The molecule has 2 heterocycles. The molecule has 2 fully saturated rings. The molecule has 1 aromatic rings. The van der Waals surface area contributed by atoms with E-state index in [9.17, 15) is 0 Å². The van der Waals surface area contributed by atoms with Crippen LogP contribution < -0.4 is 4.74 Å². The second-order valence-electron chi connectivity index (χ2n) is 5.62. The lowest BCUT2D eigenvalue weighted by molar-refractivity contribution is -0.486. The second-order valence-corrected chi connectivity index (χ2v) is 5.62. The first-order valence-corrected chi connectivity index (χ1v) is 7.81. The lowest BCUT2D eigenvalue weighted by Gasteiger charge is -2.41. The van der Waals surface area contributed by atoms with Gasteiger partial charge in [-0.1, -0.05) is 18.7 Å². The predicted molar refractivity (Wildman–Crippen MR) is 82.8 cm³/mol. The summed E-state index contributed by atoms with van der Waals surface area (Å²) in [5.41, 5.74) is 1.72. The van der Waals surface area contributed by atoms with Crippen LogP contribution in [0.15, 0.2) is 30.8 Å². The Kier molecular flexibility index (Phi) is 5.30. The fourth-order valence-electron chi connectivity index (χ4n) is 2.61. The summed E-state index contributed by atoms with van der Waals surface area (Å²) in [5.74, 6) is 0.0330. The van der Waals surface area contributed by atoms with E-state index >= 15 is 0 Å². The number of ether oxygens (including phenoxy) is 3. The molecule has 0 saturated carbocycles. The van der Waals surface area contributed by atoms with Crippen LogP contribution in [0.25, 0.3) is 5.57 Å². The van der Waals surface area contributed by atoms with Gasteiger partial charge in [-0.25, -0.2) is 9.78 Å². The first-order chi connectivity index (χ1) is 11.2. The molecule has 2 aliphatic heterocycles. The summed E-state index contributed by atoms with van der Waals surface area (Å²) in [6.45, 7) is 5.99. The Morgan fingerprint density at radius 3 is 2.61 bits per heavy atom. The first-order valence-electron chi connectivity index (χ1n) is 7.81. The van der Waals surface area contributed by atoms with Gasteiger partial charge in [0.1, 0.15) is 18.5 Å². The van der Waals surface area contributed by atoms with Gasteiger partial charge in [-0.05, 0) is 23.3 Å². The van der Waals surface area contributed by atoms with Crippen molar-refractivity contribution < 1.29 is 29.1 Å². The lowest BCUT2D eigenvalue weighted by atomic mass is 10.0. The van der Waals surface area contributed by atoms with Crippen LogP contribution >= 0.6 is 0 Å². The van der Waals surface area contributed by atoms with Crippen molar-refractivity contribution in [3.05, 3.63) is 36.4 Å². The summed E-state index contributed by atoms with van der Waals surface area (Å²) in [5, 5.41) is 8.75. The molecular weight excluding hydrogens is 300 g/mol. The van der Waals surface area contributed by atoms with E-state index in [4.69, 9.17) is 29.1 Å². The smallest absolute Gasteiger partial charge is 0.206 e. The number of aliphatic hydroxyl groups is 1. The molecular formula is C17H22O6. The Morgan fingerprint density at radius 2 is 2.00 bits per heavy atom. The summed E-state index contributed by atoms with van der Waals surface area (Å²) in [6, 6.07) is 7.47. The molecule has 3 rings (SSSR count). The van der Waals surface area contributed by atoms with Crippen molar-refractivity contribution in [3.8, 4) is 5.75 Å². The van der Waals surface area contributed by atoms with E-state index in [1.54, 1.807) is 0 Å². The van der Waals surface area contributed by atoms with E-state index in [1.165, 1.54) is 0 Å². The highest BCUT2D eigenvalue weighted by Crippen LogP contribution is 2.34. The zero-order valence-electron chi connectivity index (χ0n) is 13.0. The maximum absolute atomic E-state index is 8.75. The van der Waals surface area contributed by atoms with Crippen molar-refractivity contribution in [1.82, 2.24) is 0 Å². The largest absolute Gasteiger partial charge is 0.491 e. The monoisotopic (exact) mass is 322 g/mol. The predicted octanol–water partition coefficient (Wildman–Crippen LogP) is 1.92. The Labute approximate surface area is 135 Å². The minimum Gasteiger partial charge on any atom is -0.491 e. The van der Waals surface area contributed by atoms with Gasteiger partial charge in [-0.15, -0.1) is 0 Å². The van der Waals surface area contributed by atoms with Gasteiger partial charge in [0.25, 0.3) is 0 Å². The van der Waals surface area contributed by atoms with Gasteiger partial charge in [0.15, 0.2) is 0 Å². The third-order valence-electron chi connectivity index (χ3n) is 4.04. The van der Waals surface area contributed by atoms with E-state index in [0.29, 0.717) is 38.4 Å². The van der Waals surface area contributed by atoms with Crippen molar-refractivity contribution in [2.45, 2.75) is 24.7 Å². The average Bonchev–Trinajstić information content (AvgIpc) is 2.61. The third kappa shape index (κ3) is 3.91. The van der Waals surface area contributed by atoms with Gasteiger partial charge in [0.05, 0.1) is 26.4 Å². The molecule has 2 saturated heterocycles. The van der Waals surface area contributed by atoms with Crippen LogP contribution in [0.3, 0.4) is 0 Å². The van der Waals surface area contributed by atoms with E-state index in [2.05, 4.69) is 6.58 Å². The highest BCUT2D eigenvalue weighted by Gasteiger charge is 2.41. The standard InChI is InChI=1S/C17H22O6/c1-13(14-2-4-15(5-3-14)20-11-8-18)16-12-21-17(23-22-16)6-9-19-10-7-17/h2-5,16,18H,1,6-12H2. The lowest BCUT2D eigenvalue weighted by Crippen LogP contribution is -2.48. The van der Waals surface area contributed by atoms with Crippen LogP contribution in [-0.4, -0.2) is 50.0 Å². The topological polar surface area (TPSA) is 66.4 Å². The van der Waals surface area contributed by atoms with Gasteiger partial charge < -0.3 is 19.3 Å². The fraction of sp³-hybridized carbons (Fsp3) is 0.529. The number of rotatable bonds is 5. The Balaban J connectivity index is 1.56. The quantitative estimate of drug-likeness (QED) is 0.836. The number of benzene rings is 1. The van der Waals surface area contributed by atoms with Gasteiger partial charge in [0.2, 0.25) is 5.79 Å². The zero-order chi connectivity index (χ0) is 16.1. The van der Waals surface area contributed by atoms with Gasteiger partial charge in [0, 0.05) is 12.8 Å². The molecule has 0 aliphatic carbocycles. The summed E-state index contributed by atoms with van der Waals surface area (Å²) >= 11 is 0. The maximum Gasteiger partial charge on any atom is 0.206 e. The fourth-order valence-corrected chi connectivity index (χ4v) is 2.61. The van der Waals surface area contributed by atoms with E-state index in [-0.39, 0.29) is 19.3 Å². The molecule has 1 aromatic carbocycles. The van der Waals surface area contributed by atoms with E-state index < -0.39 is 5.79 Å². The van der Waals surface area contributed by atoms with Crippen molar-refractivity contribution in [3.63, 3.8) is 0 Å². The molecule has 2 aliphatic rings. The van der Waals surface area contributed by atoms with Crippen LogP contribution in [-0.2, 0) is 19.2 Å². The Bertz CT molecular complexity index is 510. The third-order valence-corrected chi connectivity index (χ3v) is 4.04. The minimum absolute atomic E-state index is 0.00809. The first kappa shape index (κ1) is 16.4. The van der Waals surface area contributed by atoms with Gasteiger partial charge >= 0.3 is 0 Å². The van der Waals surface area contributed by atoms with Crippen molar-refractivity contribution >= 4 is 5.57 Å². The molecule has 0 aromatic heterocycles. The average molecular weight is 322 g/mol. The molecule has 0 bridgehead atoms. The molecule has 0 radical (unpaired) electrons. The minimum atomic E-state index is -0.670. The summed E-state index contributed by atoms with van der Waals surface area (Å²) in [4.78, 5) is 11.1. The molecule has 126 valence electrons. The highest BCUT2D eigenvalue weighted by molar-refractivity contribution is 5.67.